The van der Waals surface area contributed by atoms with E-state index in [1.807, 2.05) is 74.5 Å². The molecule has 2 heterocycles. The van der Waals surface area contributed by atoms with Crippen molar-refractivity contribution < 1.29 is 0 Å². The van der Waals surface area contributed by atoms with Crippen molar-refractivity contribution in [2.24, 2.45) is 4.99 Å². The zero-order chi connectivity index (χ0) is 21.6. The van der Waals surface area contributed by atoms with Gasteiger partial charge < -0.3 is 4.98 Å². The van der Waals surface area contributed by atoms with E-state index in [9.17, 15) is 4.79 Å². The second-order valence-electron chi connectivity index (χ2n) is 7.20. The quantitative estimate of drug-likeness (QED) is 0.316. The molecule has 0 bridgehead atoms. The number of nitrogens with one attached hydrogen (secondary N) is 2. The molecule has 0 radical (unpaired) electrons. The van der Waals surface area contributed by atoms with Crippen LogP contribution < -0.4 is 5.56 Å². The van der Waals surface area contributed by atoms with Gasteiger partial charge in [-0.05, 0) is 26.0 Å². The lowest BCUT2D eigenvalue weighted by molar-refractivity contribution is 0.852. The maximum absolute atomic E-state index is 13.3. The van der Waals surface area contributed by atoms with Crippen molar-refractivity contribution in [2.75, 3.05) is 12.3 Å². The van der Waals surface area contributed by atoms with Crippen molar-refractivity contribution in [3.63, 3.8) is 0 Å². The molecule has 158 valence electrons. The highest BCUT2D eigenvalue weighted by atomic mass is 32.2. The van der Waals surface area contributed by atoms with Crippen LogP contribution in [-0.4, -0.2) is 37.8 Å². The van der Waals surface area contributed by atoms with Crippen LogP contribution in [0.15, 0.2) is 76.8 Å². The predicted octanol–water partition coefficient (Wildman–Crippen LogP) is 4.61. The number of nitrogens with zero attached hydrogens (tertiary/aromatic N) is 3. The molecule has 6 nitrogen and oxygen atoms in total. The maximum atomic E-state index is 13.3. The van der Waals surface area contributed by atoms with Crippen molar-refractivity contribution in [1.29, 1.82) is 0 Å². The van der Waals surface area contributed by atoms with Gasteiger partial charge in [0, 0.05) is 35.0 Å². The first-order chi connectivity index (χ1) is 15.1. The number of aromatic amines is 2. The highest BCUT2D eigenvalue weighted by Gasteiger charge is 2.18. The van der Waals surface area contributed by atoms with Crippen LogP contribution in [-0.2, 0) is 5.75 Å². The molecule has 2 aromatic carbocycles. The van der Waals surface area contributed by atoms with Crippen LogP contribution >= 0.6 is 11.8 Å². The van der Waals surface area contributed by atoms with Crippen LogP contribution in [0.5, 0.6) is 0 Å². The average Bonchev–Trinajstić information content (AvgIpc) is 3.37. The number of aryl methyl sites for hydroxylation is 1. The Hall–Kier alpha value is -3.32. The van der Waals surface area contributed by atoms with Crippen LogP contribution in [0.25, 0.3) is 16.9 Å². The lowest BCUT2D eigenvalue weighted by atomic mass is 10.1. The normalized spacial score (nSPS) is 11.7. The predicted molar refractivity (Wildman–Crippen MR) is 128 cm³/mol. The third kappa shape index (κ3) is 4.72. The number of hydrogen-bond acceptors (Lipinski definition) is 4. The Balaban J connectivity index is 1.58. The minimum absolute atomic E-state index is 0.0916. The van der Waals surface area contributed by atoms with E-state index in [0.717, 1.165) is 45.6 Å². The van der Waals surface area contributed by atoms with E-state index in [1.54, 1.807) is 22.8 Å². The van der Waals surface area contributed by atoms with Crippen LogP contribution in [0.3, 0.4) is 0 Å². The van der Waals surface area contributed by atoms with E-state index in [2.05, 4.69) is 15.1 Å². The lowest BCUT2D eigenvalue weighted by Gasteiger charge is -2.03. The van der Waals surface area contributed by atoms with Gasteiger partial charge in [0.1, 0.15) is 0 Å². The zero-order valence-electron chi connectivity index (χ0n) is 17.6. The fourth-order valence-electron chi connectivity index (χ4n) is 3.40. The summed E-state index contributed by atoms with van der Waals surface area (Å²) in [4.78, 5) is 25.5. The summed E-state index contributed by atoms with van der Waals surface area (Å²) in [6.07, 6.45) is 1.72. The van der Waals surface area contributed by atoms with Gasteiger partial charge >= 0.3 is 0 Å². The summed E-state index contributed by atoms with van der Waals surface area (Å²) in [5.74, 6) is 1.71. The number of H-pyrrole nitrogens is 2. The van der Waals surface area contributed by atoms with E-state index >= 15 is 0 Å². The number of benzene rings is 2. The molecule has 0 aliphatic heterocycles. The summed E-state index contributed by atoms with van der Waals surface area (Å²) >= 11 is 1.79. The number of aliphatic imine (C=N–C) groups is 1. The largest absolute Gasteiger partial charge is 0.348 e. The second kappa shape index (κ2) is 9.66. The molecule has 0 spiro atoms. The summed E-state index contributed by atoms with van der Waals surface area (Å²) in [6, 6.07) is 19.5. The molecular weight excluding hydrogens is 406 g/mol. The van der Waals surface area contributed by atoms with Crippen molar-refractivity contribution in [1.82, 2.24) is 19.7 Å². The first kappa shape index (κ1) is 20.9. The van der Waals surface area contributed by atoms with E-state index in [4.69, 9.17) is 4.99 Å². The third-order valence-corrected chi connectivity index (χ3v) is 6.04. The monoisotopic (exact) mass is 431 g/mol. The molecule has 0 aliphatic carbocycles. The molecule has 4 aromatic rings. The Kier molecular flexibility index (Phi) is 6.52. The summed E-state index contributed by atoms with van der Waals surface area (Å²) in [5, 5.41) is 3.30. The molecule has 31 heavy (non-hydrogen) atoms. The molecule has 0 aliphatic rings. The Labute approximate surface area is 185 Å². The van der Waals surface area contributed by atoms with E-state index in [1.165, 1.54) is 0 Å². The fourth-order valence-corrected chi connectivity index (χ4v) is 4.25. The van der Waals surface area contributed by atoms with Crippen molar-refractivity contribution in [2.45, 2.75) is 19.6 Å². The van der Waals surface area contributed by atoms with Gasteiger partial charge in [-0.3, -0.25) is 14.9 Å². The Bertz CT molecular complexity index is 1220. The first-order valence-electron chi connectivity index (χ1n) is 10.2. The summed E-state index contributed by atoms with van der Waals surface area (Å²) in [5.41, 5.74) is 5.99. The zero-order valence-corrected chi connectivity index (χ0v) is 18.4. The molecule has 0 saturated carbocycles. The Morgan fingerprint density at radius 1 is 1.10 bits per heavy atom. The summed E-state index contributed by atoms with van der Waals surface area (Å²) < 4.78 is 1.59. The third-order valence-electron chi connectivity index (χ3n) is 5.09. The molecule has 2 N–H and O–H groups in total. The molecule has 0 amide bonds. The highest BCUT2D eigenvalue weighted by molar-refractivity contribution is 7.98. The number of thioether (sulfide) groups is 1. The molecule has 7 heteroatoms. The smallest absolute Gasteiger partial charge is 0.280 e. The van der Waals surface area contributed by atoms with Crippen LogP contribution in [0.4, 0.5) is 0 Å². The van der Waals surface area contributed by atoms with Gasteiger partial charge in [0.15, 0.2) is 0 Å². The van der Waals surface area contributed by atoms with Crippen molar-refractivity contribution in [3.05, 3.63) is 94.3 Å². The highest BCUT2D eigenvalue weighted by Crippen LogP contribution is 2.21. The first-order valence-corrected chi connectivity index (χ1v) is 11.3. The molecule has 4 rings (SSSR count). The number of para-hydroxylation sites is 1. The molecule has 0 fully saturated rings. The van der Waals surface area contributed by atoms with E-state index in [0.29, 0.717) is 12.1 Å². The van der Waals surface area contributed by atoms with Gasteiger partial charge in [-0.2, -0.15) is 11.8 Å². The number of imidazole rings is 1. The summed E-state index contributed by atoms with van der Waals surface area (Å²) in [6.45, 7) is 4.58. The Morgan fingerprint density at radius 2 is 1.81 bits per heavy atom. The molecule has 0 unspecified atom stereocenters. The molecular formula is C24H25N5OS. The van der Waals surface area contributed by atoms with Crippen molar-refractivity contribution in [3.8, 4) is 16.9 Å². The molecule has 0 atom stereocenters. The maximum Gasteiger partial charge on any atom is 0.280 e. The second-order valence-corrected chi connectivity index (χ2v) is 8.30. The van der Waals surface area contributed by atoms with Gasteiger partial charge in [-0.1, -0.05) is 48.5 Å². The number of rotatable bonds is 8. The van der Waals surface area contributed by atoms with Crippen LogP contribution in [0, 0.1) is 6.92 Å². The van der Waals surface area contributed by atoms with Gasteiger partial charge in [0.25, 0.3) is 5.56 Å². The SMILES string of the molecule is CC(=NCCSCc1nc[nH]c1C)c1c(-c2ccccc2)[nH]n(-c2ccccc2)c1=O. The van der Waals surface area contributed by atoms with Crippen LogP contribution in [0.2, 0.25) is 0 Å². The van der Waals surface area contributed by atoms with E-state index < -0.39 is 0 Å². The molecule has 0 saturated heterocycles. The topological polar surface area (TPSA) is 78.8 Å². The molecule has 2 aromatic heterocycles. The number of hydrogen-bond donors (Lipinski definition) is 2. The van der Waals surface area contributed by atoms with Crippen LogP contribution in [0.1, 0.15) is 23.9 Å². The minimum atomic E-state index is -0.0916. The van der Waals surface area contributed by atoms with Gasteiger partial charge in [-0.15, -0.1) is 0 Å². The van der Waals surface area contributed by atoms with E-state index in [-0.39, 0.29) is 5.56 Å². The number of aromatic nitrogens is 4. The standard InChI is InChI=1S/C24H25N5OS/c1-17-21(27-16-26-17)15-31-14-13-25-18(2)22-23(19-9-5-3-6-10-19)28-29(24(22)30)20-11-7-4-8-12-20/h3-12,16,28H,13-15H2,1-2H3,(H,26,27). The van der Waals surface area contributed by atoms with Crippen molar-refractivity contribution >= 4 is 17.5 Å². The van der Waals surface area contributed by atoms with Gasteiger partial charge in [0.05, 0.1) is 29.0 Å². The fraction of sp³-hybridized carbons (Fsp3) is 0.208. The lowest BCUT2D eigenvalue weighted by Crippen LogP contribution is -2.19. The summed E-state index contributed by atoms with van der Waals surface area (Å²) in [7, 11) is 0. The van der Waals surface area contributed by atoms with Gasteiger partial charge in [-0.25, -0.2) is 9.67 Å². The van der Waals surface area contributed by atoms with Gasteiger partial charge in [0.2, 0.25) is 0 Å². The Morgan fingerprint density at radius 3 is 2.48 bits per heavy atom. The average molecular weight is 432 g/mol. The minimum Gasteiger partial charge on any atom is -0.348 e.